The molecule has 4 heteroatoms. The van der Waals surface area contributed by atoms with Gasteiger partial charge >= 0.3 is 0 Å². The van der Waals surface area contributed by atoms with Crippen LogP contribution in [0.2, 0.25) is 0 Å². The molecule has 0 aliphatic heterocycles. The third-order valence-electron chi connectivity index (χ3n) is 2.56. The Hall–Kier alpha value is -1.81. The van der Waals surface area contributed by atoms with E-state index < -0.39 is 0 Å². The number of hydrogen-bond donors (Lipinski definition) is 1. The summed E-state index contributed by atoms with van der Waals surface area (Å²) in [5.41, 5.74) is 2.91. The predicted molar refractivity (Wildman–Crippen MR) is 66.3 cm³/mol. The lowest BCUT2D eigenvalue weighted by Crippen LogP contribution is -2.19. The zero-order valence-electron chi connectivity index (χ0n) is 10.1. The molecule has 0 aromatic carbocycles. The summed E-state index contributed by atoms with van der Waals surface area (Å²) in [7, 11) is 0. The van der Waals surface area contributed by atoms with Gasteiger partial charge in [0, 0.05) is 31.2 Å². The van der Waals surface area contributed by atoms with Crippen molar-refractivity contribution in [1.29, 1.82) is 0 Å². The van der Waals surface area contributed by atoms with Crippen LogP contribution in [0.5, 0.6) is 0 Å². The molecule has 0 aliphatic carbocycles. The van der Waals surface area contributed by atoms with Gasteiger partial charge in [-0.05, 0) is 26.0 Å². The van der Waals surface area contributed by atoms with Gasteiger partial charge in [0.05, 0.1) is 17.1 Å². The molecule has 1 atom stereocenters. The van der Waals surface area contributed by atoms with E-state index in [1.165, 1.54) is 0 Å². The van der Waals surface area contributed by atoms with Crippen molar-refractivity contribution in [2.24, 2.45) is 0 Å². The summed E-state index contributed by atoms with van der Waals surface area (Å²) in [6, 6.07) is 6.13. The van der Waals surface area contributed by atoms with E-state index in [4.69, 9.17) is 0 Å². The standard InChI is InChI=1S/C13H16N4/c1-10-7-17-12(8-15-10)9-16-11(2)13-5-3-4-6-14-13/h3-8,11,16H,9H2,1-2H3. The third-order valence-corrected chi connectivity index (χ3v) is 2.56. The maximum atomic E-state index is 4.31. The molecule has 2 rings (SSSR count). The molecule has 1 N–H and O–H groups in total. The Bertz CT molecular complexity index is 453. The Morgan fingerprint density at radius 1 is 1.18 bits per heavy atom. The van der Waals surface area contributed by atoms with Crippen LogP contribution in [0.3, 0.4) is 0 Å². The van der Waals surface area contributed by atoms with Crippen LogP contribution >= 0.6 is 0 Å². The lowest BCUT2D eigenvalue weighted by atomic mass is 10.2. The number of aryl methyl sites for hydroxylation is 1. The van der Waals surface area contributed by atoms with Gasteiger partial charge in [-0.15, -0.1) is 0 Å². The molecule has 17 heavy (non-hydrogen) atoms. The minimum atomic E-state index is 0.208. The monoisotopic (exact) mass is 228 g/mol. The van der Waals surface area contributed by atoms with Gasteiger partial charge in [-0.1, -0.05) is 6.07 Å². The van der Waals surface area contributed by atoms with E-state index in [0.717, 1.165) is 17.1 Å². The second kappa shape index (κ2) is 5.50. The van der Waals surface area contributed by atoms with Crippen molar-refractivity contribution in [2.75, 3.05) is 0 Å². The van der Waals surface area contributed by atoms with Crippen LogP contribution in [0.15, 0.2) is 36.8 Å². The lowest BCUT2D eigenvalue weighted by molar-refractivity contribution is 0.554. The number of nitrogens with one attached hydrogen (secondary N) is 1. The summed E-state index contributed by atoms with van der Waals surface area (Å²) in [6.45, 7) is 4.72. The van der Waals surface area contributed by atoms with E-state index in [9.17, 15) is 0 Å². The van der Waals surface area contributed by atoms with Crippen molar-refractivity contribution in [1.82, 2.24) is 20.3 Å². The molecular formula is C13H16N4. The largest absolute Gasteiger partial charge is 0.303 e. The fourth-order valence-electron chi connectivity index (χ4n) is 1.50. The molecule has 0 aliphatic rings. The second-order valence-electron chi connectivity index (χ2n) is 4.01. The summed E-state index contributed by atoms with van der Waals surface area (Å²) >= 11 is 0. The quantitative estimate of drug-likeness (QED) is 0.870. The van der Waals surface area contributed by atoms with Gasteiger partial charge in [-0.25, -0.2) is 0 Å². The highest BCUT2D eigenvalue weighted by molar-refractivity contribution is 5.08. The first-order valence-electron chi connectivity index (χ1n) is 5.67. The SMILES string of the molecule is Cc1cnc(CNC(C)c2ccccn2)cn1. The molecule has 0 saturated carbocycles. The fourth-order valence-corrected chi connectivity index (χ4v) is 1.50. The van der Waals surface area contributed by atoms with Gasteiger partial charge in [-0.2, -0.15) is 0 Å². The molecule has 0 radical (unpaired) electrons. The zero-order chi connectivity index (χ0) is 12.1. The lowest BCUT2D eigenvalue weighted by Gasteiger charge is -2.12. The van der Waals surface area contributed by atoms with Crippen molar-refractivity contribution in [3.05, 3.63) is 53.9 Å². The van der Waals surface area contributed by atoms with Crippen molar-refractivity contribution < 1.29 is 0 Å². The van der Waals surface area contributed by atoms with E-state index in [2.05, 4.69) is 27.2 Å². The van der Waals surface area contributed by atoms with E-state index in [1.807, 2.05) is 25.1 Å². The summed E-state index contributed by atoms with van der Waals surface area (Å²) in [5.74, 6) is 0. The average Bonchev–Trinajstić information content (AvgIpc) is 2.39. The average molecular weight is 228 g/mol. The van der Waals surface area contributed by atoms with E-state index in [1.54, 1.807) is 18.6 Å². The number of rotatable bonds is 4. The van der Waals surface area contributed by atoms with E-state index in [0.29, 0.717) is 6.54 Å². The van der Waals surface area contributed by atoms with Crippen LogP contribution in [0, 0.1) is 6.92 Å². The summed E-state index contributed by atoms with van der Waals surface area (Å²) < 4.78 is 0. The van der Waals surface area contributed by atoms with Crippen LogP contribution in [0.25, 0.3) is 0 Å². The summed E-state index contributed by atoms with van der Waals surface area (Å²) in [4.78, 5) is 12.8. The second-order valence-corrected chi connectivity index (χ2v) is 4.01. The third kappa shape index (κ3) is 3.32. The minimum absolute atomic E-state index is 0.208. The molecule has 4 nitrogen and oxygen atoms in total. The Balaban J connectivity index is 1.92. The smallest absolute Gasteiger partial charge is 0.0724 e. The molecule has 0 fully saturated rings. The van der Waals surface area contributed by atoms with Crippen molar-refractivity contribution in [2.45, 2.75) is 26.4 Å². The molecule has 0 spiro atoms. The Morgan fingerprint density at radius 2 is 2.06 bits per heavy atom. The van der Waals surface area contributed by atoms with Gasteiger partial charge in [0.15, 0.2) is 0 Å². The number of aromatic nitrogens is 3. The first-order valence-corrected chi connectivity index (χ1v) is 5.67. The van der Waals surface area contributed by atoms with Gasteiger partial charge in [-0.3, -0.25) is 15.0 Å². The molecule has 88 valence electrons. The van der Waals surface area contributed by atoms with Crippen molar-refractivity contribution >= 4 is 0 Å². The van der Waals surface area contributed by atoms with Crippen LogP contribution < -0.4 is 5.32 Å². The molecule has 0 amide bonds. The predicted octanol–water partition coefficient (Wildman–Crippen LogP) is 2.03. The molecule has 0 bridgehead atoms. The topological polar surface area (TPSA) is 50.7 Å². The van der Waals surface area contributed by atoms with Crippen LogP contribution in [0.1, 0.15) is 30.0 Å². The normalized spacial score (nSPS) is 12.4. The van der Waals surface area contributed by atoms with Gasteiger partial charge in [0.1, 0.15) is 0 Å². The number of nitrogens with zero attached hydrogens (tertiary/aromatic N) is 3. The number of hydrogen-bond acceptors (Lipinski definition) is 4. The van der Waals surface area contributed by atoms with Crippen LogP contribution in [-0.4, -0.2) is 15.0 Å². The van der Waals surface area contributed by atoms with Crippen molar-refractivity contribution in [3.63, 3.8) is 0 Å². The molecule has 2 aromatic rings. The zero-order valence-corrected chi connectivity index (χ0v) is 10.1. The Labute approximate surface area is 101 Å². The molecule has 2 aromatic heterocycles. The van der Waals surface area contributed by atoms with E-state index >= 15 is 0 Å². The Kier molecular flexibility index (Phi) is 3.77. The molecular weight excluding hydrogens is 212 g/mol. The molecule has 0 saturated heterocycles. The van der Waals surface area contributed by atoms with Gasteiger partial charge in [0.2, 0.25) is 0 Å². The van der Waals surface area contributed by atoms with E-state index in [-0.39, 0.29) is 6.04 Å². The van der Waals surface area contributed by atoms with Gasteiger partial charge in [0.25, 0.3) is 0 Å². The maximum absolute atomic E-state index is 4.31. The molecule has 2 heterocycles. The highest BCUT2D eigenvalue weighted by Gasteiger charge is 2.05. The fraction of sp³-hybridized carbons (Fsp3) is 0.308. The Morgan fingerprint density at radius 3 is 2.71 bits per heavy atom. The summed E-state index contributed by atoms with van der Waals surface area (Å²) in [6.07, 6.45) is 5.38. The van der Waals surface area contributed by atoms with Crippen LogP contribution in [-0.2, 0) is 6.54 Å². The first-order chi connectivity index (χ1) is 8.25. The minimum Gasteiger partial charge on any atom is -0.303 e. The summed E-state index contributed by atoms with van der Waals surface area (Å²) in [5, 5.41) is 3.37. The first kappa shape index (κ1) is 11.7. The van der Waals surface area contributed by atoms with Gasteiger partial charge < -0.3 is 5.32 Å². The number of pyridine rings is 1. The molecule has 1 unspecified atom stereocenters. The highest BCUT2D eigenvalue weighted by Crippen LogP contribution is 2.08. The van der Waals surface area contributed by atoms with Crippen molar-refractivity contribution in [3.8, 4) is 0 Å². The van der Waals surface area contributed by atoms with Crippen LogP contribution in [0.4, 0.5) is 0 Å². The highest BCUT2D eigenvalue weighted by atomic mass is 15.0. The maximum Gasteiger partial charge on any atom is 0.0724 e.